The lowest BCUT2D eigenvalue weighted by Crippen LogP contribution is -2.50. The van der Waals surface area contributed by atoms with Gasteiger partial charge in [0.2, 0.25) is 0 Å². The minimum atomic E-state index is -0.686. The van der Waals surface area contributed by atoms with Crippen molar-refractivity contribution in [1.29, 1.82) is 0 Å². The van der Waals surface area contributed by atoms with Crippen molar-refractivity contribution >= 4 is 10.8 Å². The Morgan fingerprint density at radius 2 is 1.90 bits per heavy atom. The molecule has 0 unspecified atom stereocenters. The first-order valence-electron chi connectivity index (χ1n) is 7.59. The summed E-state index contributed by atoms with van der Waals surface area (Å²) >= 11 is 0. The number of ether oxygens (including phenoxy) is 2. The van der Waals surface area contributed by atoms with Gasteiger partial charge in [0.1, 0.15) is 6.61 Å². The van der Waals surface area contributed by atoms with Gasteiger partial charge < -0.3 is 9.47 Å². The summed E-state index contributed by atoms with van der Waals surface area (Å²) in [5.74, 6) is 2.35. The van der Waals surface area contributed by atoms with Crippen LogP contribution in [-0.4, -0.2) is 52.5 Å². The molecule has 0 N–H and O–H groups in total. The number of benzene rings is 1. The van der Waals surface area contributed by atoms with Gasteiger partial charge in [0.25, 0.3) is 0 Å². The average Bonchev–Trinajstić information content (AvgIpc) is 2.49. The molecule has 1 aromatic carbocycles. The summed E-state index contributed by atoms with van der Waals surface area (Å²) in [5, 5.41) is 0.231. The topological polar surface area (TPSA) is 38.8 Å². The lowest BCUT2D eigenvalue weighted by molar-refractivity contribution is 0.165. The van der Waals surface area contributed by atoms with E-state index in [4.69, 9.17) is 9.47 Å². The largest absolute Gasteiger partial charge is 0.490 e. The van der Waals surface area contributed by atoms with E-state index in [2.05, 4.69) is 18.7 Å². The lowest BCUT2D eigenvalue weighted by atomic mass is 10.2. The maximum absolute atomic E-state index is 11.8. The Kier molecular flexibility index (Phi) is 6.06. The van der Waals surface area contributed by atoms with Crippen molar-refractivity contribution in [2.75, 3.05) is 32.1 Å². The first kappa shape index (κ1) is 16.3. The second-order valence-corrected chi connectivity index (χ2v) is 7.21. The predicted molar refractivity (Wildman–Crippen MR) is 86.6 cm³/mol. The van der Waals surface area contributed by atoms with Crippen LogP contribution < -0.4 is 9.47 Å². The number of para-hydroxylation sites is 2. The molecule has 1 fully saturated rings. The van der Waals surface area contributed by atoms with Gasteiger partial charge in [-0.25, -0.2) is 0 Å². The molecule has 1 heterocycles. The smallest absolute Gasteiger partial charge is 0.161 e. The number of rotatable bonds is 6. The summed E-state index contributed by atoms with van der Waals surface area (Å²) < 4.78 is 23.2. The molecule has 0 saturated carbocycles. The van der Waals surface area contributed by atoms with Gasteiger partial charge in [-0.05, 0) is 32.9 Å². The molecule has 1 saturated heterocycles. The van der Waals surface area contributed by atoms with Crippen LogP contribution in [0.3, 0.4) is 0 Å². The molecule has 0 radical (unpaired) electrons. The highest BCUT2D eigenvalue weighted by molar-refractivity contribution is 7.85. The zero-order valence-electron chi connectivity index (χ0n) is 13.1. The molecule has 0 aliphatic carbocycles. The van der Waals surface area contributed by atoms with E-state index < -0.39 is 10.8 Å². The third kappa shape index (κ3) is 4.20. The van der Waals surface area contributed by atoms with Crippen LogP contribution in [0, 0.1) is 0 Å². The van der Waals surface area contributed by atoms with Gasteiger partial charge in [-0.3, -0.25) is 9.11 Å². The van der Waals surface area contributed by atoms with E-state index >= 15 is 0 Å². The second kappa shape index (κ2) is 7.80. The molecule has 3 atom stereocenters. The maximum atomic E-state index is 11.8. The molecule has 1 aliphatic heterocycles. The van der Waals surface area contributed by atoms with E-state index in [-0.39, 0.29) is 5.25 Å². The van der Waals surface area contributed by atoms with Crippen molar-refractivity contribution in [3.63, 3.8) is 0 Å². The highest BCUT2D eigenvalue weighted by atomic mass is 32.2. The van der Waals surface area contributed by atoms with E-state index in [0.29, 0.717) is 19.3 Å². The normalized spacial score (nSPS) is 26.5. The van der Waals surface area contributed by atoms with Crippen LogP contribution in [0.1, 0.15) is 20.8 Å². The Labute approximate surface area is 129 Å². The van der Waals surface area contributed by atoms with Crippen molar-refractivity contribution in [2.45, 2.75) is 32.1 Å². The Bertz CT molecular complexity index is 480. The summed E-state index contributed by atoms with van der Waals surface area (Å²) in [7, 11) is -0.686. The molecule has 0 spiro atoms. The molecular weight excluding hydrogens is 286 g/mol. The molecule has 5 heteroatoms. The van der Waals surface area contributed by atoms with Gasteiger partial charge in [0.15, 0.2) is 11.5 Å². The van der Waals surface area contributed by atoms with Crippen molar-refractivity contribution in [2.24, 2.45) is 0 Å². The average molecular weight is 311 g/mol. The molecule has 0 aromatic heterocycles. The van der Waals surface area contributed by atoms with E-state index in [1.165, 1.54) is 0 Å². The maximum Gasteiger partial charge on any atom is 0.161 e. The van der Waals surface area contributed by atoms with Crippen LogP contribution >= 0.6 is 0 Å². The summed E-state index contributed by atoms with van der Waals surface area (Å²) in [6.45, 7) is 9.17. The third-order valence-corrected chi connectivity index (χ3v) is 5.84. The van der Waals surface area contributed by atoms with Gasteiger partial charge in [0, 0.05) is 40.9 Å². The summed E-state index contributed by atoms with van der Waals surface area (Å²) in [5.41, 5.74) is 0. The fourth-order valence-corrected chi connectivity index (χ4v) is 3.94. The predicted octanol–water partition coefficient (Wildman–Crippen LogP) is 2.31. The Morgan fingerprint density at radius 3 is 2.57 bits per heavy atom. The molecule has 118 valence electrons. The van der Waals surface area contributed by atoms with Gasteiger partial charge in [0.05, 0.1) is 6.61 Å². The van der Waals surface area contributed by atoms with Gasteiger partial charge in [-0.1, -0.05) is 12.1 Å². The van der Waals surface area contributed by atoms with E-state index in [1.54, 1.807) is 0 Å². The summed E-state index contributed by atoms with van der Waals surface area (Å²) in [6.07, 6.45) is 0. The van der Waals surface area contributed by atoms with Crippen LogP contribution in [0.25, 0.3) is 0 Å². The highest BCUT2D eigenvalue weighted by Crippen LogP contribution is 2.26. The number of hydrogen-bond acceptors (Lipinski definition) is 4. The molecule has 4 nitrogen and oxygen atoms in total. The van der Waals surface area contributed by atoms with E-state index in [9.17, 15) is 4.21 Å². The Balaban J connectivity index is 1.86. The minimum Gasteiger partial charge on any atom is -0.490 e. The van der Waals surface area contributed by atoms with E-state index in [0.717, 1.165) is 30.3 Å². The molecule has 1 aromatic rings. The van der Waals surface area contributed by atoms with Crippen LogP contribution in [0.15, 0.2) is 24.3 Å². The van der Waals surface area contributed by atoms with Crippen molar-refractivity contribution in [3.8, 4) is 11.5 Å². The van der Waals surface area contributed by atoms with E-state index in [1.807, 2.05) is 31.2 Å². The zero-order valence-corrected chi connectivity index (χ0v) is 13.9. The number of nitrogens with zero attached hydrogens (tertiary/aromatic N) is 1. The fourth-order valence-electron chi connectivity index (χ4n) is 2.55. The van der Waals surface area contributed by atoms with Crippen molar-refractivity contribution in [3.05, 3.63) is 24.3 Å². The van der Waals surface area contributed by atoms with Crippen LogP contribution in [0.5, 0.6) is 11.5 Å². The molecule has 0 bridgehead atoms. The SMILES string of the molecule is CCOc1ccccc1OCCN1CC[S@](=O)[C@H](C)[C@H]1C. The van der Waals surface area contributed by atoms with Crippen LogP contribution in [-0.2, 0) is 10.8 Å². The third-order valence-electron chi connectivity index (χ3n) is 4.03. The van der Waals surface area contributed by atoms with Gasteiger partial charge in [-0.15, -0.1) is 0 Å². The Morgan fingerprint density at radius 1 is 1.24 bits per heavy atom. The lowest BCUT2D eigenvalue weighted by Gasteiger charge is -2.37. The van der Waals surface area contributed by atoms with Gasteiger partial charge >= 0.3 is 0 Å². The molecule has 2 rings (SSSR count). The summed E-state index contributed by atoms with van der Waals surface area (Å²) in [4.78, 5) is 2.36. The molecule has 21 heavy (non-hydrogen) atoms. The Hall–Kier alpha value is -1.07. The quantitative estimate of drug-likeness (QED) is 0.808. The van der Waals surface area contributed by atoms with Crippen molar-refractivity contribution in [1.82, 2.24) is 4.90 Å². The van der Waals surface area contributed by atoms with Crippen LogP contribution in [0.4, 0.5) is 0 Å². The fraction of sp³-hybridized carbons (Fsp3) is 0.625. The first-order valence-corrected chi connectivity index (χ1v) is 8.97. The second-order valence-electron chi connectivity index (χ2n) is 5.29. The molecule has 0 amide bonds. The molecular formula is C16H25NO3S. The van der Waals surface area contributed by atoms with Crippen LogP contribution in [0.2, 0.25) is 0 Å². The minimum absolute atomic E-state index is 0.231. The standard InChI is InChI=1S/C16H25NO3S/c1-4-19-15-7-5-6-8-16(15)20-11-9-17-10-12-21(18)14(3)13(17)2/h5-8,13-14H,4,9-12H2,1-3H3/t13-,14-,21+/m1/s1. The van der Waals surface area contributed by atoms with Gasteiger partial charge in [-0.2, -0.15) is 0 Å². The first-order chi connectivity index (χ1) is 10.1. The summed E-state index contributed by atoms with van der Waals surface area (Å²) in [6, 6.07) is 8.09. The highest BCUT2D eigenvalue weighted by Gasteiger charge is 2.29. The number of hydrogen-bond donors (Lipinski definition) is 0. The zero-order chi connectivity index (χ0) is 15.2. The monoisotopic (exact) mass is 311 g/mol. The molecule has 1 aliphatic rings. The van der Waals surface area contributed by atoms with Crippen molar-refractivity contribution < 1.29 is 13.7 Å².